The second-order valence-electron chi connectivity index (χ2n) is 17.2. The Bertz CT molecular complexity index is 791. The van der Waals surface area contributed by atoms with Gasteiger partial charge in [-0.1, -0.05) is 239 Å². The number of aliphatic hydroxyl groups is 2. The lowest BCUT2D eigenvalue weighted by molar-refractivity contribution is -0.151. The summed E-state index contributed by atoms with van der Waals surface area (Å²) in [5, 5.41) is 23.6. The standard InChI is InChI=1S/C49H97NO5/c1-4-7-10-13-16-19-21-22-23-24-25-26-27-30-33-36-39-42-49(54)55-45(40-37-34-31-28-18-15-12-9-6-3)43-48(53)50-46(44-51)47(52)41-38-35-32-29-20-17-14-11-8-5-2/h45-47,51-52H,4-44H2,1-3H3,(H,50,53). The van der Waals surface area contributed by atoms with Crippen LogP contribution in [0.15, 0.2) is 0 Å². The third kappa shape index (κ3) is 39.5. The second-order valence-corrected chi connectivity index (χ2v) is 17.2. The Morgan fingerprint density at radius 1 is 0.455 bits per heavy atom. The van der Waals surface area contributed by atoms with Crippen molar-refractivity contribution in [1.29, 1.82) is 0 Å². The van der Waals surface area contributed by atoms with E-state index in [0.29, 0.717) is 19.3 Å². The van der Waals surface area contributed by atoms with Gasteiger partial charge in [0.1, 0.15) is 6.10 Å². The lowest BCUT2D eigenvalue weighted by Gasteiger charge is -2.24. The molecule has 328 valence electrons. The Hall–Kier alpha value is -1.14. The molecule has 3 N–H and O–H groups in total. The van der Waals surface area contributed by atoms with E-state index in [1.54, 1.807) is 0 Å². The molecule has 0 aliphatic rings. The molecule has 0 aromatic carbocycles. The van der Waals surface area contributed by atoms with Crippen LogP contribution in [0.1, 0.15) is 278 Å². The van der Waals surface area contributed by atoms with E-state index in [0.717, 1.165) is 38.5 Å². The zero-order valence-corrected chi connectivity index (χ0v) is 37.3. The molecule has 0 saturated carbocycles. The second kappa shape index (κ2) is 44.0. The monoisotopic (exact) mass is 780 g/mol. The van der Waals surface area contributed by atoms with Gasteiger partial charge >= 0.3 is 5.97 Å². The quantitative estimate of drug-likeness (QED) is 0.0422. The number of unbranched alkanes of at least 4 members (excludes halogenated alkanes) is 33. The van der Waals surface area contributed by atoms with Crippen molar-refractivity contribution in [3.05, 3.63) is 0 Å². The minimum Gasteiger partial charge on any atom is -0.462 e. The third-order valence-corrected chi connectivity index (χ3v) is 11.7. The molecular weight excluding hydrogens is 683 g/mol. The number of hydrogen-bond acceptors (Lipinski definition) is 5. The molecule has 0 rings (SSSR count). The highest BCUT2D eigenvalue weighted by molar-refractivity contribution is 5.77. The van der Waals surface area contributed by atoms with Crippen molar-refractivity contribution in [1.82, 2.24) is 5.32 Å². The zero-order chi connectivity index (χ0) is 40.3. The minimum atomic E-state index is -0.777. The minimum absolute atomic E-state index is 0.0866. The highest BCUT2D eigenvalue weighted by Crippen LogP contribution is 2.18. The molecule has 1 amide bonds. The highest BCUT2D eigenvalue weighted by atomic mass is 16.5. The summed E-state index contributed by atoms with van der Waals surface area (Å²) in [6, 6.07) is -0.690. The van der Waals surface area contributed by atoms with Gasteiger partial charge in [0.2, 0.25) is 5.91 Å². The van der Waals surface area contributed by atoms with E-state index in [4.69, 9.17) is 4.74 Å². The highest BCUT2D eigenvalue weighted by Gasteiger charge is 2.24. The summed E-state index contributed by atoms with van der Waals surface area (Å²) in [6.45, 7) is 6.48. The average molecular weight is 780 g/mol. The van der Waals surface area contributed by atoms with Crippen molar-refractivity contribution in [3.63, 3.8) is 0 Å². The van der Waals surface area contributed by atoms with Crippen molar-refractivity contribution in [2.24, 2.45) is 0 Å². The third-order valence-electron chi connectivity index (χ3n) is 11.7. The molecule has 55 heavy (non-hydrogen) atoms. The first-order valence-electron chi connectivity index (χ1n) is 24.8. The van der Waals surface area contributed by atoms with Gasteiger partial charge in [-0.15, -0.1) is 0 Å². The average Bonchev–Trinajstić information content (AvgIpc) is 3.18. The maximum Gasteiger partial charge on any atom is 0.306 e. The van der Waals surface area contributed by atoms with Crippen LogP contribution in [0.3, 0.4) is 0 Å². The van der Waals surface area contributed by atoms with Crippen molar-refractivity contribution in [3.8, 4) is 0 Å². The van der Waals surface area contributed by atoms with Crippen LogP contribution in [-0.4, -0.2) is 46.9 Å². The first-order chi connectivity index (χ1) is 27.0. The van der Waals surface area contributed by atoms with Crippen molar-refractivity contribution in [2.75, 3.05) is 6.61 Å². The summed E-state index contributed by atoms with van der Waals surface area (Å²) < 4.78 is 5.91. The largest absolute Gasteiger partial charge is 0.462 e. The zero-order valence-electron chi connectivity index (χ0n) is 37.3. The van der Waals surface area contributed by atoms with Crippen LogP contribution >= 0.6 is 0 Å². The molecule has 6 heteroatoms. The SMILES string of the molecule is CCCCCCCCCCCCCCCCCCCC(=O)OC(CCCCCCCCCCC)CC(=O)NC(CO)C(O)CCCCCCCCCCCC. The van der Waals surface area contributed by atoms with Crippen LogP contribution in [-0.2, 0) is 14.3 Å². The number of carbonyl (C=O) groups excluding carboxylic acids is 2. The van der Waals surface area contributed by atoms with Crippen LogP contribution in [0, 0.1) is 0 Å². The predicted octanol–water partition coefficient (Wildman–Crippen LogP) is 14.4. The molecule has 0 aromatic rings. The van der Waals surface area contributed by atoms with Gasteiger partial charge in [0.05, 0.1) is 25.2 Å². The van der Waals surface area contributed by atoms with Gasteiger partial charge in [0.15, 0.2) is 0 Å². The Morgan fingerprint density at radius 3 is 1.11 bits per heavy atom. The van der Waals surface area contributed by atoms with Crippen LogP contribution in [0.25, 0.3) is 0 Å². The smallest absolute Gasteiger partial charge is 0.306 e. The Labute approximate surface area is 343 Å². The molecular formula is C49H97NO5. The summed E-state index contributed by atoms with van der Waals surface area (Å²) in [7, 11) is 0. The van der Waals surface area contributed by atoms with Crippen LogP contribution in [0.5, 0.6) is 0 Å². The van der Waals surface area contributed by atoms with E-state index in [9.17, 15) is 19.8 Å². The first kappa shape index (κ1) is 53.9. The van der Waals surface area contributed by atoms with Gasteiger partial charge < -0.3 is 20.3 Å². The fourth-order valence-corrected chi connectivity index (χ4v) is 7.90. The molecule has 0 bridgehead atoms. The number of hydrogen-bond donors (Lipinski definition) is 3. The van der Waals surface area contributed by atoms with Crippen molar-refractivity contribution in [2.45, 2.75) is 296 Å². The normalized spacial score (nSPS) is 13.2. The van der Waals surface area contributed by atoms with E-state index < -0.39 is 18.2 Å². The molecule has 3 unspecified atom stereocenters. The molecule has 0 fully saturated rings. The number of aliphatic hydroxyl groups excluding tert-OH is 2. The van der Waals surface area contributed by atoms with E-state index in [2.05, 4.69) is 26.1 Å². The Kier molecular flexibility index (Phi) is 43.1. The molecule has 0 aliphatic heterocycles. The lowest BCUT2D eigenvalue weighted by atomic mass is 10.0. The van der Waals surface area contributed by atoms with Gasteiger partial charge in [-0.3, -0.25) is 9.59 Å². The lowest BCUT2D eigenvalue weighted by Crippen LogP contribution is -2.46. The maximum atomic E-state index is 13.1. The Balaban J connectivity index is 4.40. The van der Waals surface area contributed by atoms with Gasteiger partial charge in [0.25, 0.3) is 0 Å². The van der Waals surface area contributed by atoms with E-state index >= 15 is 0 Å². The maximum absolute atomic E-state index is 13.1. The summed E-state index contributed by atoms with van der Waals surface area (Å²) in [5.41, 5.74) is 0. The van der Waals surface area contributed by atoms with E-state index in [-0.39, 0.29) is 24.9 Å². The number of esters is 1. The molecule has 0 saturated heterocycles. The van der Waals surface area contributed by atoms with Crippen LogP contribution in [0.4, 0.5) is 0 Å². The van der Waals surface area contributed by atoms with Gasteiger partial charge in [-0.25, -0.2) is 0 Å². The molecule has 0 spiro atoms. The summed E-state index contributed by atoms with van der Waals surface area (Å²) in [6.07, 6.45) is 46.0. The summed E-state index contributed by atoms with van der Waals surface area (Å²) >= 11 is 0. The predicted molar refractivity (Wildman–Crippen MR) is 237 cm³/mol. The Morgan fingerprint density at radius 2 is 0.764 bits per heavy atom. The topological polar surface area (TPSA) is 95.9 Å². The van der Waals surface area contributed by atoms with Crippen molar-refractivity contribution < 1.29 is 24.5 Å². The number of carbonyl (C=O) groups is 2. The van der Waals surface area contributed by atoms with Crippen LogP contribution < -0.4 is 5.32 Å². The van der Waals surface area contributed by atoms with Gasteiger partial charge in [-0.05, 0) is 25.7 Å². The number of rotatable bonds is 45. The fourth-order valence-electron chi connectivity index (χ4n) is 7.90. The summed E-state index contributed by atoms with van der Waals surface area (Å²) in [5.74, 6) is -0.456. The molecule has 0 heterocycles. The van der Waals surface area contributed by atoms with Gasteiger partial charge in [-0.2, -0.15) is 0 Å². The van der Waals surface area contributed by atoms with E-state index in [1.807, 2.05) is 0 Å². The number of nitrogens with one attached hydrogen (secondary N) is 1. The number of amides is 1. The first-order valence-corrected chi connectivity index (χ1v) is 24.8. The van der Waals surface area contributed by atoms with Gasteiger partial charge in [0, 0.05) is 6.42 Å². The fraction of sp³-hybridized carbons (Fsp3) is 0.959. The molecule has 0 aliphatic carbocycles. The molecule has 0 radical (unpaired) electrons. The van der Waals surface area contributed by atoms with Crippen molar-refractivity contribution >= 4 is 11.9 Å². The van der Waals surface area contributed by atoms with Crippen LogP contribution in [0.2, 0.25) is 0 Å². The molecule has 6 nitrogen and oxygen atoms in total. The number of ether oxygens (including phenoxy) is 1. The van der Waals surface area contributed by atoms with E-state index in [1.165, 1.54) is 193 Å². The molecule has 3 atom stereocenters. The summed E-state index contributed by atoms with van der Waals surface area (Å²) in [4.78, 5) is 26.0. The molecule has 0 aromatic heterocycles.